The molecule has 0 spiro atoms. The van der Waals surface area contributed by atoms with E-state index in [1.165, 1.54) is 0 Å². The highest BCUT2D eigenvalue weighted by Gasteiger charge is 2.20. The molecule has 0 amide bonds. The lowest BCUT2D eigenvalue weighted by molar-refractivity contribution is 0.595. The predicted molar refractivity (Wildman–Crippen MR) is 75.5 cm³/mol. The Bertz CT molecular complexity index is 454. The van der Waals surface area contributed by atoms with Gasteiger partial charge in [0.2, 0.25) is 0 Å². The van der Waals surface area contributed by atoms with Gasteiger partial charge in [-0.05, 0) is 30.1 Å². The van der Waals surface area contributed by atoms with E-state index in [0.29, 0.717) is 6.42 Å². The van der Waals surface area contributed by atoms with E-state index in [4.69, 9.17) is 17.3 Å². The molecule has 0 atom stereocenters. The van der Waals surface area contributed by atoms with Crippen molar-refractivity contribution in [3.8, 4) is 0 Å². The van der Waals surface area contributed by atoms with Crippen LogP contribution in [-0.2, 0) is 9.84 Å². The monoisotopic (exact) mass is 293 g/mol. The Kier molecular flexibility index (Phi) is 5.62. The zero-order valence-corrected chi connectivity index (χ0v) is 12.0. The van der Waals surface area contributed by atoms with E-state index in [1.807, 2.05) is 6.92 Å². The molecule has 0 unspecified atom stereocenters. The number of rotatable bonds is 6. The van der Waals surface area contributed by atoms with Crippen molar-refractivity contribution in [2.75, 3.05) is 23.0 Å². The van der Waals surface area contributed by atoms with Gasteiger partial charge in [0.05, 0.1) is 16.5 Å². The SMILES string of the molecule is CCSCCCS(=O)(=O)c1c(N)cccc1Cl. The largest absolute Gasteiger partial charge is 0.398 e. The first-order chi connectivity index (χ1) is 7.99. The number of nitrogen functional groups attached to an aromatic ring is 1. The Labute approximate surface area is 112 Å². The van der Waals surface area contributed by atoms with Crippen LogP contribution in [0.5, 0.6) is 0 Å². The van der Waals surface area contributed by atoms with Crippen molar-refractivity contribution in [1.82, 2.24) is 0 Å². The van der Waals surface area contributed by atoms with Gasteiger partial charge in [-0.15, -0.1) is 0 Å². The van der Waals surface area contributed by atoms with Crippen LogP contribution in [0.4, 0.5) is 5.69 Å². The molecule has 0 aliphatic carbocycles. The number of nitrogens with two attached hydrogens (primary N) is 1. The van der Waals surface area contributed by atoms with Gasteiger partial charge in [0.25, 0.3) is 0 Å². The Morgan fingerprint density at radius 2 is 2.12 bits per heavy atom. The maximum absolute atomic E-state index is 12.1. The molecular formula is C11H16ClNO2S2. The molecule has 0 aliphatic rings. The summed E-state index contributed by atoms with van der Waals surface area (Å²) in [7, 11) is -3.37. The zero-order chi connectivity index (χ0) is 12.9. The first-order valence-corrected chi connectivity index (χ1v) is 8.52. The molecule has 1 aromatic rings. The highest BCUT2D eigenvalue weighted by molar-refractivity contribution is 7.99. The van der Waals surface area contributed by atoms with Gasteiger partial charge in [0.1, 0.15) is 4.90 Å². The lowest BCUT2D eigenvalue weighted by Gasteiger charge is -2.09. The number of anilines is 1. The van der Waals surface area contributed by atoms with E-state index >= 15 is 0 Å². The van der Waals surface area contributed by atoms with Crippen molar-refractivity contribution in [1.29, 1.82) is 0 Å². The molecule has 2 N–H and O–H groups in total. The van der Waals surface area contributed by atoms with Crippen LogP contribution in [0, 0.1) is 0 Å². The number of hydrogen-bond donors (Lipinski definition) is 1. The number of sulfone groups is 1. The second-order valence-corrected chi connectivity index (χ2v) is 7.37. The summed E-state index contributed by atoms with van der Waals surface area (Å²) in [6.07, 6.45) is 0.617. The Morgan fingerprint density at radius 1 is 1.41 bits per heavy atom. The Balaban J connectivity index is 2.83. The van der Waals surface area contributed by atoms with Crippen LogP contribution in [0.25, 0.3) is 0 Å². The summed E-state index contributed by atoms with van der Waals surface area (Å²) < 4.78 is 24.1. The highest BCUT2D eigenvalue weighted by atomic mass is 35.5. The van der Waals surface area contributed by atoms with Crippen LogP contribution < -0.4 is 5.73 Å². The quantitative estimate of drug-likeness (QED) is 0.647. The molecule has 0 saturated heterocycles. The number of thioether (sulfide) groups is 1. The standard InChI is InChI=1S/C11H16ClNO2S2/c1-2-16-7-4-8-17(14,15)11-9(12)5-3-6-10(11)13/h3,5-6H,2,4,7-8,13H2,1H3. The van der Waals surface area contributed by atoms with Crippen molar-refractivity contribution in [2.24, 2.45) is 0 Å². The molecule has 1 rings (SSSR count). The maximum atomic E-state index is 12.1. The summed E-state index contributed by atoms with van der Waals surface area (Å²) in [5.41, 5.74) is 5.89. The van der Waals surface area contributed by atoms with Gasteiger partial charge < -0.3 is 5.73 Å². The van der Waals surface area contributed by atoms with E-state index in [2.05, 4.69) is 0 Å². The molecular weight excluding hydrogens is 278 g/mol. The average molecular weight is 294 g/mol. The molecule has 0 saturated carbocycles. The normalized spacial score (nSPS) is 11.6. The fourth-order valence-electron chi connectivity index (χ4n) is 1.45. The number of benzene rings is 1. The van der Waals surface area contributed by atoms with Crippen molar-refractivity contribution in [2.45, 2.75) is 18.2 Å². The van der Waals surface area contributed by atoms with E-state index in [9.17, 15) is 8.42 Å². The minimum Gasteiger partial charge on any atom is -0.398 e. The van der Waals surface area contributed by atoms with Gasteiger partial charge in [0, 0.05) is 0 Å². The minimum absolute atomic E-state index is 0.0724. The molecule has 0 bridgehead atoms. The number of hydrogen-bond acceptors (Lipinski definition) is 4. The lowest BCUT2D eigenvalue weighted by atomic mass is 10.3. The fraction of sp³-hybridized carbons (Fsp3) is 0.455. The molecule has 0 fully saturated rings. The summed E-state index contributed by atoms with van der Waals surface area (Å²) in [6.45, 7) is 2.05. The summed E-state index contributed by atoms with van der Waals surface area (Å²) in [5, 5.41) is 0.202. The van der Waals surface area contributed by atoms with Crippen LogP contribution in [0.1, 0.15) is 13.3 Å². The molecule has 96 valence electrons. The second-order valence-electron chi connectivity index (χ2n) is 3.53. The van der Waals surface area contributed by atoms with Crippen LogP contribution in [0.2, 0.25) is 5.02 Å². The van der Waals surface area contributed by atoms with Crippen molar-refractivity contribution in [3.05, 3.63) is 23.2 Å². The fourth-order valence-corrected chi connectivity index (χ4v) is 4.33. The first-order valence-electron chi connectivity index (χ1n) is 5.33. The zero-order valence-electron chi connectivity index (χ0n) is 9.65. The van der Waals surface area contributed by atoms with Crippen LogP contribution in [-0.4, -0.2) is 25.7 Å². The van der Waals surface area contributed by atoms with E-state index < -0.39 is 9.84 Å². The van der Waals surface area contributed by atoms with Gasteiger partial charge in [-0.2, -0.15) is 11.8 Å². The topological polar surface area (TPSA) is 60.2 Å². The molecule has 0 radical (unpaired) electrons. The third-order valence-electron chi connectivity index (χ3n) is 2.21. The molecule has 0 heterocycles. The second kappa shape index (κ2) is 6.52. The third kappa shape index (κ3) is 4.08. The summed E-state index contributed by atoms with van der Waals surface area (Å²) in [6, 6.07) is 4.74. The van der Waals surface area contributed by atoms with Crippen molar-refractivity contribution < 1.29 is 8.42 Å². The Morgan fingerprint density at radius 3 is 2.71 bits per heavy atom. The molecule has 0 aliphatic heterocycles. The third-order valence-corrected chi connectivity index (χ3v) is 5.53. The van der Waals surface area contributed by atoms with Crippen LogP contribution in [0.3, 0.4) is 0 Å². The average Bonchev–Trinajstić information content (AvgIpc) is 2.24. The van der Waals surface area contributed by atoms with E-state index in [-0.39, 0.29) is 21.4 Å². The van der Waals surface area contributed by atoms with E-state index in [1.54, 1.807) is 30.0 Å². The molecule has 17 heavy (non-hydrogen) atoms. The van der Waals surface area contributed by atoms with Gasteiger partial charge >= 0.3 is 0 Å². The Hall–Kier alpha value is -0.390. The maximum Gasteiger partial charge on any atom is 0.181 e. The first kappa shape index (κ1) is 14.7. The smallest absolute Gasteiger partial charge is 0.181 e. The predicted octanol–water partition coefficient (Wildman–Crippen LogP) is 2.84. The molecule has 6 heteroatoms. The van der Waals surface area contributed by atoms with Crippen molar-refractivity contribution in [3.63, 3.8) is 0 Å². The molecule has 3 nitrogen and oxygen atoms in total. The summed E-state index contributed by atoms with van der Waals surface area (Å²) in [5.74, 6) is 1.92. The highest BCUT2D eigenvalue weighted by Crippen LogP contribution is 2.28. The lowest BCUT2D eigenvalue weighted by Crippen LogP contribution is -2.11. The van der Waals surface area contributed by atoms with Gasteiger partial charge in [-0.25, -0.2) is 8.42 Å². The molecule has 0 aromatic heterocycles. The van der Waals surface area contributed by atoms with Crippen LogP contribution >= 0.6 is 23.4 Å². The van der Waals surface area contributed by atoms with Gasteiger partial charge in [0.15, 0.2) is 9.84 Å². The van der Waals surface area contributed by atoms with E-state index in [0.717, 1.165) is 11.5 Å². The summed E-state index contributed by atoms with van der Waals surface area (Å²) in [4.78, 5) is 0.0724. The summed E-state index contributed by atoms with van der Waals surface area (Å²) >= 11 is 7.61. The van der Waals surface area contributed by atoms with Crippen LogP contribution in [0.15, 0.2) is 23.1 Å². The minimum atomic E-state index is -3.37. The molecule has 1 aromatic carbocycles. The van der Waals surface area contributed by atoms with Crippen molar-refractivity contribution >= 4 is 38.9 Å². The van der Waals surface area contributed by atoms with Gasteiger partial charge in [-0.1, -0.05) is 24.6 Å². The van der Waals surface area contributed by atoms with Gasteiger partial charge in [-0.3, -0.25) is 0 Å². The number of halogens is 1.